The van der Waals surface area contributed by atoms with Crippen LogP contribution in [-0.4, -0.2) is 17.7 Å². The second-order valence-corrected chi connectivity index (χ2v) is 4.34. The largest absolute Gasteiger partial charge is 0.387 e. The van der Waals surface area contributed by atoms with Crippen LogP contribution < -0.4 is 5.32 Å². The van der Waals surface area contributed by atoms with Crippen molar-refractivity contribution in [2.75, 3.05) is 6.54 Å². The van der Waals surface area contributed by atoms with E-state index < -0.39 is 0 Å². The van der Waals surface area contributed by atoms with Crippen LogP contribution in [0.4, 0.5) is 0 Å². The van der Waals surface area contributed by atoms with Gasteiger partial charge in [0.25, 0.3) is 0 Å². The highest BCUT2D eigenvalue weighted by Crippen LogP contribution is 2.24. The van der Waals surface area contributed by atoms with E-state index in [1.54, 1.807) is 11.3 Å². The van der Waals surface area contributed by atoms with Crippen LogP contribution in [0.3, 0.4) is 0 Å². The molecule has 1 saturated heterocycles. The van der Waals surface area contributed by atoms with Crippen molar-refractivity contribution in [3.8, 4) is 0 Å². The van der Waals surface area contributed by atoms with Crippen molar-refractivity contribution in [3.63, 3.8) is 0 Å². The van der Waals surface area contributed by atoms with Gasteiger partial charge < -0.3 is 10.4 Å². The Morgan fingerprint density at radius 2 is 2.46 bits per heavy atom. The minimum absolute atomic E-state index is 0.267. The Hall–Kier alpha value is -0.380. The molecule has 2 nitrogen and oxygen atoms in total. The molecule has 2 atom stereocenters. The minimum atomic E-state index is -0.313. The molecule has 1 aromatic rings. The van der Waals surface area contributed by atoms with Crippen molar-refractivity contribution in [1.82, 2.24) is 5.32 Å². The lowest BCUT2D eigenvalue weighted by Gasteiger charge is -2.27. The van der Waals surface area contributed by atoms with E-state index in [0.717, 1.165) is 18.5 Å². The third kappa shape index (κ3) is 2.10. The van der Waals surface area contributed by atoms with Crippen molar-refractivity contribution >= 4 is 11.3 Å². The molecule has 2 N–H and O–H groups in total. The first kappa shape index (κ1) is 9.19. The van der Waals surface area contributed by atoms with Gasteiger partial charge >= 0.3 is 0 Å². The average molecular weight is 197 g/mol. The number of rotatable bonds is 2. The van der Waals surface area contributed by atoms with Gasteiger partial charge in [0, 0.05) is 6.04 Å². The molecule has 1 aliphatic rings. The summed E-state index contributed by atoms with van der Waals surface area (Å²) in [6.45, 7) is 1.05. The van der Waals surface area contributed by atoms with Crippen LogP contribution in [-0.2, 0) is 0 Å². The van der Waals surface area contributed by atoms with Crippen LogP contribution >= 0.6 is 11.3 Å². The van der Waals surface area contributed by atoms with Crippen LogP contribution in [0.1, 0.15) is 30.9 Å². The second kappa shape index (κ2) is 4.22. The fourth-order valence-corrected chi connectivity index (χ4v) is 2.51. The first-order valence-corrected chi connectivity index (χ1v) is 5.76. The van der Waals surface area contributed by atoms with Gasteiger partial charge in [0.15, 0.2) is 0 Å². The molecule has 0 spiro atoms. The number of piperidine rings is 1. The summed E-state index contributed by atoms with van der Waals surface area (Å²) < 4.78 is 0. The van der Waals surface area contributed by atoms with Gasteiger partial charge in [-0.25, -0.2) is 0 Å². The number of aliphatic hydroxyl groups excluding tert-OH is 1. The van der Waals surface area contributed by atoms with E-state index in [1.165, 1.54) is 12.8 Å². The number of aliphatic hydroxyl groups is 1. The van der Waals surface area contributed by atoms with Crippen LogP contribution in [0.25, 0.3) is 0 Å². The number of thiophene rings is 1. The molecule has 0 bridgehead atoms. The van der Waals surface area contributed by atoms with E-state index >= 15 is 0 Å². The number of hydrogen-bond acceptors (Lipinski definition) is 3. The van der Waals surface area contributed by atoms with Crippen molar-refractivity contribution in [2.45, 2.75) is 31.4 Å². The van der Waals surface area contributed by atoms with E-state index in [0.29, 0.717) is 0 Å². The fourth-order valence-electron chi connectivity index (χ4n) is 1.82. The van der Waals surface area contributed by atoms with Gasteiger partial charge in [0.2, 0.25) is 0 Å². The molecule has 2 heterocycles. The van der Waals surface area contributed by atoms with Crippen LogP contribution in [0.2, 0.25) is 0 Å². The van der Waals surface area contributed by atoms with Gasteiger partial charge in [-0.15, -0.1) is 0 Å². The maximum atomic E-state index is 9.98. The van der Waals surface area contributed by atoms with Gasteiger partial charge in [-0.1, -0.05) is 6.42 Å². The third-order valence-electron chi connectivity index (χ3n) is 2.61. The zero-order valence-electron chi connectivity index (χ0n) is 7.57. The Morgan fingerprint density at radius 3 is 3.08 bits per heavy atom. The topological polar surface area (TPSA) is 32.3 Å². The molecule has 1 aromatic heterocycles. The first-order valence-electron chi connectivity index (χ1n) is 4.81. The Labute approximate surface area is 82.6 Å². The SMILES string of the molecule is OC(c1ccsc1)C1CCCCN1. The lowest BCUT2D eigenvalue weighted by Crippen LogP contribution is -2.38. The molecule has 0 aliphatic carbocycles. The normalized spacial score (nSPS) is 25.8. The molecule has 72 valence electrons. The highest BCUT2D eigenvalue weighted by Gasteiger charge is 2.22. The summed E-state index contributed by atoms with van der Waals surface area (Å²) in [5.41, 5.74) is 1.06. The molecule has 0 aromatic carbocycles. The Balaban J connectivity index is 1.99. The summed E-state index contributed by atoms with van der Waals surface area (Å²) >= 11 is 1.64. The molecular formula is C10H15NOS. The average Bonchev–Trinajstić information content (AvgIpc) is 2.71. The maximum Gasteiger partial charge on any atom is 0.0950 e. The predicted octanol–water partition coefficient (Wildman–Crippen LogP) is 1.92. The molecule has 0 radical (unpaired) electrons. The third-order valence-corrected chi connectivity index (χ3v) is 3.32. The summed E-state index contributed by atoms with van der Waals surface area (Å²) in [4.78, 5) is 0. The Bertz CT molecular complexity index is 241. The maximum absolute atomic E-state index is 9.98. The summed E-state index contributed by atoms with van der Waals surface area (Å²) in [6, 6.07) is 2.27. The van der Waals surface area contributed by atoms with E-state index in [-0.39, 0.29) is 12.1 Å². The highest BCUT2D eigenvalue weighted by atomic mass is 32.1. The molecule has 2 rings (SSSR count). The minimum Gasteiger partial charge on any atom is -0.387 e. The van der Waals surface area contributed by atoms with Gasteiger partial charge in [0.05, 0.1) is 6.10 Å². The summed E-state index contributed by atoms with van der Waals surface area (Å²) in [7, 11) is 0. The van der Waals surface area contributed by atoms with E-state index in [9.17, 15) is 5.11 Å². The van der Waals surface area contributed by atoms with Crippen LogP contribution in [0.5, 0.6) is 0 Å². The molecular weight excluding hydrogens is 182 g/mol. The fraction of sp³-hybridized carbons (Fsp3) is 0.600. The quantitative estimate of drug-likeness (QED) is 0.759. The lowest BCUT2D eigenvalue weighted by molar-refractivity contribution is 0.114. The molecule has 0 amide bonds. The first-order chi connectivity index (χ1) is 6.38. The standard InChI is InChI=1S/C10H15NOS/c12-10(8-4-6-13-7-8)9-3-1-2-5-11-9/h4,6-7,9-12H,1-3,5H2. The van der Waals surface area contributed by atoms with Gasteiger partial charge in [-0.3, -0.25) is 0 Å². The zero-order valence-corrected chi connectivity index (χ0v) is 8.39. The van der Waals surface area contributed by atoms with E-state index in [1.807, 2.05) is 16.8 Å². The van der Waals surface area contributed by atoms with Gasteiger partial charge in [-0.05, 0) is 41.8 Å². The lowest BCUT2D eigenvalue weighted by atomic mass is 9.97. The summed E-state index contributed by atoms with van der Waals surface area (Å²) in [5.74, 6) is 0. The predicted molar refractivity (Wildman–Crippen MR) is 54.9 cm³/mol. The summed E-state index contributed by atoms with van der Waals surface area (Å²) in [6.07, 6.45) is 3.26. The summed E-state index contributed by atoms with van der Waals surface area (Å²) in [5, 5.41) is 17.4. The van der Waals surface area contributed by atoms with Crippen LogP contribution in [0, 0.1) is 0 Å². The van der Waals surface area contributed by atoms with Crippen molar-refractivity contribution in [1.29, 1.82) is 0 Å². The van der Waals surface area contributed by atoms with Gasteiger partial charge in [-0.2, -0.15) is 11.3 Å². The molecule has 13 heavy (non-hydrogen) atoms. The van der Waals surface area contributed by atoms with Crippen LogP contribution in [0.15, 0.2) is 16.8 Å². The molecule has 1 fully saturated rings. The number of nitrogens with one attached hydrogen (secondary N) is 1. The second-order valence-electron chi connectivity index (χ2n) is 3.56. The van der Waals surface area contributed by atoms with Crippen molar-refractivity contribution < 1.29 is 5.11 Å². The van der Waals surface area contributed by atoms with E-state index in [4.69, 9.17) is 0 Å². The Kier molecular flexibility index (Phi) is 2.98. The molecule has 2 unspecified atom stereocenters. The van der Waals surface area contributed by atoms with Crippen molar-refractivity contribution in [2.24, 2.45) is 0 Å². The van der Waals surface area contributed by atoms with Gasteiger partial charge in [0.1, 0.15) is 0 Å². The Morgan fingerprint density at radius 1 is 1.54 bits per heavy atom. The van der Waals surface area contributed by atoms with E-state index in [2.05, 4.69) is 5.32 Å². The highest BCUT2D eigenvalue weighted by molar-refractivity contribution is 7.07. The monoisotopic (exact) mass is 197 g/mol. The molecule has 0 saturated carbocycles. The molecule has 1 aliphatic heterocycles. The zero-order chi connectivity index (χ0) is 9.10. The smallest absolute Gasteiger partial charge is 0.0950 e. The number of hydrogen-bond donors (Lipinski definition) is 2. The van der Waals surface area contributed by atoms with Crippen molar-refractivity contribution in [3.05, 3.63) is 22.4 Å². The molecule has 3 heteroatoms.